The van der Waals surface area contributed by atoms with E-state index >= 15 is 0 Å². The molecular formula is C14H16N2S2. The quantitative estimate of drug-likeness (QED) is 0.862. The van der Waals surface area contributed by atoms with Crippen LogP contribution in [0.2, 0.25) is 0 Å². The summed E-state index contributed by atoms with van der Waals surface area (Å²) in [7, 11) is 0. The molecule has 0 amide bonds. The molecule has 0 spiro atoms. The largest absolute Gasteiger partial charge is 0.320 e. The molecule has 1 fully saturated rings. The van der Waals surface area contributed by atoms with Crippen molar-refractivity contribution in [3.05, 3.63) is 35.3 Å². The molecule has 1 aromatic heterocycles. The Morgan fingerprint density at radius 3 is 2.67 bits per heavy atom. The monoisotopic (exact) mass is 276 g/mol. The SMILES string of the molecule is CCSc1ccc(-c2nc(C3(N)CC3)cs2)cc1. The van der Waals surface area contributed by atoms with Crippen LogP contribution in [0.25, 0.3) is 10.6 Å². The van der Waals surface area contributed by atoms with Crippen molar-refractivity contribution in [2.75, 3.05) is 5.75 Å². The van der Waals surface area contributed by atoms with Gasteiger partial charge in [0.05, 0.1) is 11.2 Å². The minimum atomic E-state index is -0.118. The van der Waals surface area contributed by atoms with Crippen molar-refractivity contribution in [2.45, 2.75) is 30.2 Å². The maximum Gasteiger partial charge on any atom is 0.123 e. The molecule has 1 heterocycles. The lowest BCUT2D eigenvalue weighted by Gasteiger charge is -2.03. The minimum absolute atomic E-state index is 0.118. The topological polar surface area (TPSA) is 38.9 Å². The van der Waals surface area contributed by atoms with Crippen molar-refractivity contribution in [2.24, 2.45) is 5.73 Å². The number of hydrogen-bond donors (Lipinski definition) is 1. The Morgan fingerprint density at radius 1 is 1.33 bits per heavy atom. The molecule has 0 saturated heterocycles. The molecule has 0 radical (unpaired) electrons. The zero-order chi connectivity index (χ0) is 12.6. The van der Waals surface area contributed by atoms with Crippen LogP contribution in [0.4, 0.5) is 0 Å². The number of rotatable bonds is 4. The first kappa shape index (κ1) is 12.2. The molecule has 94 valence electrons. The average Bonchev–Trinajstić information content (AvgIpc) is 2.95. The molecule has 0 unspecified atom stereocenters. The second-order valence-corrected chi connectivity index (χ2v) is 6.85. The Labute approximate surface area is 116 Å². The maximum atomic E-state index is 6.16. The van der Waals surface area contributed by atoms with Gasteiger partial charge >= 0.3 is 0 Å². The van der Waals surface area contributed by atoms with Crippen LogP contribution in [0.5, 0.6) is 0 Å². The Bertz CT molecular complexity index is 541. The van der Waals surface area contributed by atoms with Gasteiger partial charge in [0.2, 0.25) is 0 Å². The molecule has 0 aliphatic heterocycles. The molecule has 2 aromatic rings. The lowest BCUT2D eigenvalue weighted by molar-refractivity contribution is 0.715. The number of nitrogens with two attached hydrogens (primary N) is 1. The summed E-state index contributed by atoms with van der Waals surface area (Å²) in [5.74, 6) is 1.11. The number of benzene rings is 1. The van der Waals surface area contributed by atoms with Crippen LogP contribution in [0.15, 0.2) is 34.5 Å². The predicted octanol–water partition coefficient (Wildman–Crippen LogP) is 3.87. The first-order valence-electron chi connectivity index (χ1n) is 6.19. The summed E-state index contributed by atoms with van der Waals surface area (Å²) in [5.41, 5.74) is 8.30. The Hall–Kier alpha value is -0.840. The van der Waals surface area contributed by atoms with E-state index in [2.05, 4.69) is 41.6 Å². The fraction of sp³-hybridized carbons (Fsp3) is 0.357. The third-order valence-electron chi connectivity index (χ3n) is 3.22. The number of aromatic nitrogens is 1. The van der Waals surface area contributed by atoms with Gasteiger partial charge in [-0.25, -0.2) is 4.98 Å². The predicted molar refractivity (Wildman–Crippen MR) is 79.0 cm³/mol. The molecule has 4 heteroatoms. The molecule has 0 atom stereocenters. The fourth-order valence-electron chi connectivity index (χ4n) is 1.89. The first-order chi connectivity index (χ1) is 8.71. The van der Waals surface area contributed by atoms with Gasteiger partial charge in [0.1, 0.15) is 5.01 Å². The van der Waals surface area contributed by atoms with Crippen molar-refractivity contribution in [3.63, 3.8) is 0 Å². The smallest absolute Gasteiger partial charge is 0.123 e. The lowest BCUT2D eigenvalue weighted by atomic mass is 10.2. The normalized spacial score (nSPS) is 16.8. The lowest BCUT2D eigenvalue weighted by Crippen LogP contribution is -2.18. The summed E-state index contributed by atoms with van der Waals surface area (Å²) in [6.45, 7) is 2.17. The van der Waals surface area contributed by atoms with Crippen LogP contribution in [-0.4, -0.2) is 10.7 Å². The third kappa shape index (κ3) is 2.32. The van der Waals surface area contributed by atoms with Gasteiger partial charge in [0.15, 0.2) is 0 Å². The summed E-state index contributed by atoms with van der Waals surface area (Å²) < 4.78 is 0. The van der Waals surface area contributed by atoms with Gasteiger partial charge in [-0.05, 0) is 30.7 Å². The van der Waals surface area contributed by atoms with Crippen molar-refractivity contribution in [1.29, 1.82) is 0 Å². The average molecular weight is 276 g/mol. The number of nitrogens with zero attached hydrogens (tertiary/aromatic N) is 1. The van der Waals surface area contributed by atoms with Crippen LogP contribution < -0.4 is 5.73 Å². The third-order valence-corrected chi connectivity index (χ3v) is 5.00. The van der Waals surface area contributed by atoms with Gasteiger partial charge < -0.3 is 5.73 Å². The van der Waals surface area contributed by atoms with E-state index < -0.39 is 0 Å². The van der Waals surface area contributed by atoms with Crippen molar-refractivity contribution in [3.8, 4) is 10.6 Å². The van der Waals surface area contributed by atoms with Crippen LogP contribution in [0.3, 0.4) is 0 Å². The summed E-state index contributed by atoms with van der Waals surface area (Å²) in [6.07, 6.45) is 2.14. The molecule has 2 nitrogen and oxygen atoms in total. The Balaban J connectivity index is 1.83. The highest BCUT2D eigenvalue weighted by atomic mass is 32.2. The summed E-state index contributed by atoms with van der Waals surface area (Å²) in [4.78, 5) is 5.99. The van der Waals surface area contributed by atoms with Gasteiger partial charge in [-0.1, -0.05) is 19.1 Å². The number of thioether (sulfide) groups is 1. The first-order valence-corrected chi connectivity index (χ1v) is 8.06. The van der Waals surface area contributed by atoms with Crippen molar-refractivity contribution in [1.82, 2.24) is 4.98 Å². The second-order valence-electron chi connectivity index (χ2n) is 4.65. The van der Waals surface area contributed by atoms with E-state index in [4.69, 9.17) is 5.73 Å². The summed E-state index contributed by atoms with van der Waals surface area (Å²) in [6, 6.07) is 8.63. The number of thiazole rings is 1. The van der Waals surface area contributed by atoms with E-state index in [1.54, 1.807) is 11.3 Å². The van der Waals surface area contributed by atoms with Crippen LogP contribution in [0.1, 0.15) is 25.5 Å². The van der Waals surface area contributed by atoms with E-state index in [-0.39, 0.29) is 5.54 Å². The summed E-state index contributed by atoms with van der Waals surface area (Å²) >= 11 is 3.55. The molecule has 0 bridgehead atoms. The second kappa shape index (κ2) is 4.68. The summed E-state index contributed by atoms with van der Waals surface area (Å²) in [5, 5.41) is 3.19. The highest BCUT2D eigenvalue weighted by Crippen LogP contribution is 2.43. The van der Waals surface area contributed by atoms with E-state index in [1.807, 2.05) is 11.8 Å². The molecule has 1 saturated carbocycles. The zero-order valence-corrected chi connectivity index (χ0v) is 12.0. The standard InChI is InChI=1S/C14H16N2S2/c1-2-17-11-5-3-10(4-6-11)13-16-12(9-18-13)14(15)7-8-14/h3-6,9H,2,7-8,15H2,1H3. The maximum absolute atomic E-state index is 6.16. The molecule has 1 aliphatic rings. The van der Waals surface area contributed by atoms with Gasteiger partial charge in [0.25, 0.3) is 0 Å². The van der Waals surface area contributed by atoms with Crippen molar-refractivity contribution >= 4 is 23.1 Å². The van der Waals surface area contributed by atoms with E-state index in [1.165, 1.54) is 10.5 Å². The molecule has 18 heavy (non-hydrogen) atoms. The highest BCUT2D eigenvalue weighted by molar-refractivity contribution is 7.99. The van der Waals surface area contributed by atoms with Crippen LogP contribution in [0, 0.1) is 0 Å². The van der Waals surface area contributed by atoms with Crippen LogP contribution >= 0.6 is 23.1 Å². The molecule has 1 aromatic carbocycles. The fourth-order valence-corrected chi connectivity index (χ4v) is 3.48. The van der Waals surface area contributed by atoms with Gasteiger partial charge in [-0.3, -0.25) is 0 Å². The Morgan fingerprint density at radius 2 is 2.06 bits per heavy atom. The zero-order valence-electron chi connectivity index (χ0n) is 10.3. The van der Waals surface area contributed by atoms with E-state index in [9.17, 15) is 0 Å². The van der Waals surface area contributed by atoms with Gasteiger partial charge in [-0.2, -0.15) is 0 Å². The van der Waals surface area contributed by atoms with E-state index in [0.717, 1.165) is 29.3 Å². The van der Waals surface area contributed by atoms with Gasteiger partial charge in [0, 0.05) is 15.8 Å². The van der Waals surface area contributed by atoms with Crippen molar-refractivity contribution < 1.29 is 0 Å². The molecular weight excluding hydrogens is 260 g/mol. The highest BCUT2D eigenvalue weighted by Gasteiger charge is 2.42. The molecule has 1 aliphatic carbocycles. The van der Waals surface area contributed by atoms with E-state index in [0.29, 0.717) is 0 Å². The Kier molecular flexibility index (Phi) is 3.18. The number of hydrogen-bond acceptors (Lipinski definition) is 4. The van der Waals surface area contributed by atoms with Gasteiger partial charge in [-0.15, -0.1) is 23.1 Å². The minimum Gasteiger partial charge on any atom is -0.320 e. The molecule has 3 rings (SSSR count). The molecule has 2 N–H and O–H groups in total. The van der Waals surface area contributed by atoms with Crippen LogP contribution in [-0.2, 0) is 5.54 Å².